The van der Waals surface area contributed by atoms with E-state index in [1.165, 1.54) is 182 Å². The monoisotopic (exact) mass is 1280 g/mol. The van der Waals surface area contributed by atoms with Gasteiger partial charge in [-0.15, -0.1) is 0 Å². The molecule has 5 N–H and O–H groups in total. The Morgan fingerprint density at radius 1 is 0.211 bits per heavy atom. The van der Waals surface area contributed by atoms with Crippen LogP contribution in [0.5, 0.6) is 28.7 Å². The van der Waals surface area contributed by atoms with Crippen molar-refractivity contribution in [2.75, 3.05) is 0 Å². The second-order valence-corrected chi connectivity index (χ2v) is 21.3. The van der Waals surface area contributed by atoms with Gasteiger partial charge in [0, 0.05) is 148 Å². The van der Waals surface area contributed by atoms with Crippen molar-refractivity contribution >= 4 is 85.3 Å². The minimum atomic E-state index is -0.583. The lowest BCUT2D eigenvalue weighted by atomic mass is 9.90. The summed E-state index contributed by atoms with van der Waals surface area (Å²) in [6, 6.07) is 40.6. The summed E-state index contributed by atoms with van der Waals surface area (Å²) in [4.78, 5) is 54.6. The lowest BCUT2D eigenvalue weighted by molar-refractivity contribution is -0.385. The zero-order valence-electron chi connectivity index (χ0n) is 48.9. The van der Waals surface area contributed by atoms with Crippen LogP contribution in [0.2, 0.25) is 0 Å². The molecule has 0 aromatic heterocycles. The molecule has 30 heteroatoms. The zero-order chi connectivity index (χ0) is 67.0. The van der Waals surface area contributed by atoms with Crippen molar-refractivity contribution in [3.05, 3.63) is 288 Å². The Kier molecular flexibility index (Phi) is 17.9. The number of phenols is 5. The molecule has 11 rings (SSSR count). The van der Waals surface area contributed by atoms with Crippen molar-refractivity contribution in [2.45, 2.75) is 32.1 Å². The largest absolute Gasteiger partial charge is 0.507 e. The van der Waals surface area contributed by atoms with Gasteiger partial charge in [0.15, 0.2) is 0 Å². The third kappa shape index (κ3) is 14.9. The standard InChI is InChI=1S/C65H45N15O15/c81-61-36-21-38-28-52(72-67-47-3-13-57(14-4-47)77(88)89)30-40(62(38)82)23-42-32-54(74-69-49-7-17-59(18-8-49)79(92)93)34-44(64(42)84)25-45-35-55(75-70-50-9-19-60(20-10-50)80(94)95)33-43(65(45)85)24-41-31-53(73-68-48-5-15-58(16-6-48)78(90)91)29-39(63(41)83)22-37(61)27-51(26-36)71-66-46-1-11-56(12-2-46)76(86)87/h1-20,26-35,81-85H,21-25H2. The van der Waals surface area contributed by atoms with Gasteiger partial charge in [-0.05, 0) is 121 Å². The Morgan fingerprint density at radius 2 is 0.326 bits per heavy atom. The van der Waals surface area contributed by atoms with Gasteiger partial charge < -0.3 is 25.5 Å². The first-order valence-corrected chi connectivity index (χ1v) is 28.2. The number of benzene rings is 10. The van der Waals surface area contributed by atoms with Gasteiger partial charge in [-0.1, -0.05) is 0 Å². The summed E-state index contributed by atoms with van der Waals surface area (Å²) >= 11 is 0. The van der Waals surface area contributed by atoms with Crippen LogP contribution >= 0.6 is 0 Å². The number of nitro groups is 5. The van der Waals surface area contributed by atoms with Crippen molar-refractivity contribution in [3.63, 3.8) is 0 Å². The van der Waals surface area contributed by atoms with Crippen LogP contribution in [0.1, 0.15) is 55.6 Å². The van der Waals surface area contributed by atoms with Crippen LogP contribution in [-0.2, 0) is 32.1 Å². The second-order valence-electron chi connectivity index (χ2n) is 21.3. The van der Waals surface area contributed by atoms with Gasteiger partial charge in [-0.2, -0.15) is 51.1 Å². The Hall–Kier alpha value is -13.8. The quantitative estimate of drug-likeness (QED) is 0.0362. The van der Waals surface area contributed by atoms with E-state index in [0.29, 0.717) is 0 Å². The summed E-state index contributed by atoms with van der Waals surface area (Å²) in [6.45, 7) is 0. The van der Waals surface area contributed by atoms with Crippen LogP contribution in [0.4, 0.5) is 85.3 Å². The number of azo groups is 5. The molecule has 95 heavy (non-hydrogen) atoms. The van der Waals surface area contributed by atoms with E-state index >= 15 is 0 Å². The fourth-order valence-electron chi connectivity index (χ4n) is 10.2. The number of nitrogens with zero attached hydrogens (tertiary/aromatic N) is 15. The summed E-state index contributed by atoms with van der Waals surface area (Å²) in [5, 5.41) is 164. The smallest absolute Gasteiger partial charge is 0.269 e. The van der Waals surface area contributed by atoms with Gasteiger partial charge in [0.25, 0.3) is 28.4 Å². The van der Waals surface area contributed by atoms with E-state index in [1.807, 2.05) is 0 Å². The maximum atomic E-state index is 12.5. The van der Waals surface area contributed by atoms with Crippen LogP contribution in [0.15, 0.2) is 233 Å². The highest BCUT2D eigenvalue weighted by Crippen LogP contribution is 2.44. The Bertz CT molecular complexity index is 4060. The number of aromatic hydroxyl groups is 5. The minimum Gasteiger partial charge on any atom is -0.507 e. The average Bonchev–Trinajstić information content (AvgIpc) is 0.863. The molecule has 1 aliphatic rings. The summed E-state index contributed by atoms with van der Waals surface area (Å²) in [5.74, 6) is -1.84. The second kappa shape index (κ2) is 27.1. The maximum Gasteiger partial charge on any atom is 0.269 e. The predicted molar refractivity (Wildman–Crippen MR) is 341 cm³/mol. The topological polar surface area (TPSA) is 440 Å². The Labute approximate surface area is 533 Å². The average molecular weight is 1280 g/mol. The van der Waals surface area contributed by atoms with Crippen LogP contribution in [0.3, 0.4) is 0 Å². The predicted octanol–water partition coefficient (Wildman–Crippen LogP) is 18.1. The molecule has 0 fully saturated rings. The molecule has 10 aromatic carbocycles. The fraction of sp³-hybridized carbons (Fsp3) is 0.0769. The van der Waals surface area contributed by atoms with Crippen molar-refractivity contribution in [3.8, 4) is 28.7 Å². The van der Waals surface area contributed by atoms with Gasteiger partial charge in [-0.3, -0.25) is 50.6 Å². The van der Waals surface area contributed by atoms with Gasteiger partial charge in [-0.25, -0.2) is 0 Å². The molecule has 0 saturated carbocycles. The van der Waals surface area contributed by atoms with E-state index in [2.05, 4.69) is 51.1 Å². The summed E-state index contributed by atoms with van der Waals surface area (Å²) in [5.41, 5.74) is 1.63. The minimum absolute atomic E-state index is 0.102. The Balaban J connectivity index is 1.14. The number of non-ortho nitro benzene ring substituents is 5. The number of hydrogen-bond acceptors (Lipinski definition) is 25. The molecule has 1 aliphatic carbocycles. The molecule has 10 aromatic rings. The summed E-state index contributed by atoms with van der Waals surface area (Å²) < 4.78 is 0. The van der Waals surface area contributed by atoms with Crippen LogP contribution in [0, 0.1) is 50.6 Å². The van der Waals surface area contributed by atoms with E-state index in [-0.39, 0.29) is 202 Å². The SMILES string of the molecule is O=[N+]([O-])c1ccc(N=Nc2cc3c(O)c(c2)Cc2cc(N=Nc4ccc([N+](=O)[O-])cc4)cc(c2O)Cc2cc(N=Nc4ccc([N+](=O)[O-])cc4)cc(c2O)Cc2cc(N=Nc4ccc([N+](=O)[O-])cc4)cc(c2O)Cc2cc(N=Nc4ccc([N+](=O)[O-])cc4)cc(c2O)C3)cc1. The molecular formula is C65H45N15O15. The lowest BCUT2D eigenvalue weighted by Gasteiger charge is -2.18. The molecular weight excluding hydrogens is 1230 g/mol. The number of rotatable bonds is 15. The van der Waals surface area contributed by atoms with Gasteiger partial charge in [0.2, 0.25) is 0 Å². The zero-order valence-corrected chi connectivity index (χ0v) is 48.9. The third-order valence-electron chi connectivity index (χ3n) is 14.9. The highest BCUT2D eigenvalue weighted by molar-refractivity contribution is 5.65. The number of phenolic OH excluding ortho intramolecular Hbond substituents is 5. The number of fused-ring (bicyclic) bond motifs is 10. The molecule has 0 atom stereocenters. The molecule has 0 radical (unpaired) electrons. The van der Waals surface area contributed by atoms with Crippen molar-refractivity contribution in [1.29, 1.82) is 0 Å². The molecule has 0 saturated heterocycles. The van der Waals surface area contributed by atoms with Crippen LogP contribution < -0.4 is 0 Å². The van der Waals surface area contributed by atoms with Crippen molar-refractivity contribution in [2.24, 2.45) is 51.1 Å². The first-order chi connectivity index (χ1) is 45.7. The van der Waals surface area contributed by atoms with E-state index in [0.717, 1.165) is 0 Å². The first kappa shape index (κ1) is 62.8. The molecule has 30 nitrogen and oxygen atoms in total. The molecule has 0 aliphatic heterocycles. The van der Waals surface area contributed by atoms with Crippen molar-refractivity contribution < 1.29 is 50.1 Å². The lowest BCUT2D eigenvalue weighted by Crippen LogP contribution is -2.01. The molecule has 0 amide bonds. The van der Waals surface area contributed by atoms with Crippen LogP contribution in [0.25, 0.3) is 0 Å². The van der Waals surface area contributed by atoms with E-state index < -0.39 is 24.6 Å². The molecule has 10 bridgehead atoms. The molecule has 0 unspecified atom stereocenters. The third-order valence-corrected chi connectivity index (χ3v) is 14.9. The highest BCUT2D eigenvalue weighted by Gasteiger charge is 2.24. The van der Waals surface area contributed by atoms with E-state index in [1.54, 1.807) is 0 Å². The first-order valence-electron chi connectivity index (χ1n) is 28.2. The molecule has 470 valence electrons. The van der Waals surface area contributed by atoms with Gasteiger partial charge in [0.1, 0.15) is 28.7 Å². The van der Waals surface area contributed by atoms with E-state index in [9.17, 15) is 76.1 Å². The molecule has 0 heterocycles. The normalized spacial score (nSPS) is 12.4. The fourth-order valence-corrected chi connectivity index (χ4v) is 10.2. The number of nitro benzene ring substituents is 5. The number of hydrogen-bond donors (Lipinski definition) is 5. The van der Waals surface area contributed by atoms with E-state index in [4.69, 9.17) is 0 Å². The highest BCUT2D eigenvalue weighted by atomic mass is 16.6. The Morgan fingerprint density at radius 3 is 0.442 bits per heavy atom. The molecule has 0 spiro atoms. The summed E-state index contributed by atoms with van der Waals surface area (Å²) in [6.07, 6.45) is -1.46. The van der Waals surface area contributed by atoms with Gasteiger partial charge >= 0.3 is 0 Å². The summed E-state index contributed by atoms with van der Waals surface area (Å²) in [7, 11) is 0. The van der Waals surface area contributed by atoms with Crippen LogP contribution in [-0.4, -0.2) is 50.1 Å². The maximum absolute atomic E-state index is 12.5. The van der Waals surface area contributed by atoms with Gasteiger partial charge in [0.05, 0.1) is 81.5 Å². The van der Waals surface area contributed by atoms with Crippen molar-refractivity contribution in [1.82, 2.24) is 0 Å².